The van der Waals surface area contributed by atoms with Crippen molar-refractivity contribution in [2.75, 3.05) is 0 Å². The largest absolute Gasteiger partial charge is 0.325 e. The Kier molecular flexibility index (Phi) is 4.89. The van der Waals surface area contributed by atoms with Crippen molar-refractivity contribution in [3.05, 3.63) is 32.1 Å². The van der Waals surface area contributed by atoms with Gasteiger partial charge in [-0.1, -0.05) is 0 Å². The molecule has 5 rings (SSSR count). The van der Waals surface area contributed by atoms with E-state index in [0.29, 0.717) is 17.7 Å². The van der Waals surface area contributed by atoms with Gasteiger partial charge in [0.25, 0.3) is 5.56 Å². The Bertz CT molecular complexity index is 865. The highest BCUT2D eigenvalue weighted by Gasteiger charge is 2.51. The fourth-order valence-electron chi connectivity index (χ4n) is 6.26. The molecule has 8 nitrogen and oxygen atoms in total. The van der Waals surface area contributed by atoms with Crippen LogP contribution in [0, 0.1) is 30.1 Å². The Morgan fingerprint density at radius 2 is 1.54 bits per heavy atom. The van der Waals surface area contributed by atoms with Crippen molar-refractivity contribution in [2.24, 2.45) is 23.2 Å². The predicted molar refractivity (Wildman–Crippen MR) is 102 cm³/mol. The summed E-state index contributed by atoms with van der Waals surface area (Å²) in [5, 5.41) is 0. The number of nitrogens with one attached hydrogen (secondary N) is 4. The first-order chi connectivity index (χ1) is 13.3. The van der Waals surface area contributed by atoms with Gasteiger partial charge in [0.2, 0.25) is 11.8 Å². The summed E-state index contributed by atoms with van der Waals surface area (Å²) in [6, 6.07) is 0. The van der Waals surface area contributed by atoms with Crippen molar-refractivity contribution in [1.82, 2.24) is 20.8 Å². The maximum absolute atomic E-state index is 12.4. The summed E-state index contributed by atoms with van der Waals surface area (Å²) in [6.07, 6.45) is 8.16. The molecule has 0 radical (unpaired) electrons. The van der Waals surface area contributed by atoms with Gasteiger partial charge in [-0.3, -0.25) is 30.2 Å². The Morgan fingerprint density at radius 1 is 0.964 bits per heavy atom. The van der Waals surface area contributed by atoms with Crippen molar-refractivity contribution >= 4 is 11.8 Å². The summed E-state index contributed by atoms with van der Waals surface area (Å²) >= 11 is 0. The van der Waals surface area contributed by atoms with Crippen molar-refractivity contribution in [2.45, 2.75) is 64.7 Å². The fraction of sp³-hybridized carbons (Fsp3) is 0.700. The van der Waals surface area contributed by atoms with Gasteiger partial charge in [0.1, 0.15) is 0 Å². The van der Waals surface area contributed by atoms with E-state index in [1.54, 1.807) is 6.92 Å². The second-order valence-electron chi connectivity index (χ2n) is 9.20. The molecule has 2 amide bonds. The number of rotatable bonds is 5. The number of carbonyl (C=O) groups excluding carboxylic acids is 2. The minimum Gasteiger partial charge on any atom is -0.311 e. The zero-order chi connectivity index (χ0) is 19.9. The molecule has 4 aliphatic rings. The monoisotopic (exact) mass is 388 g/mol. The number of aryl methyl sites for hydroxylation is 1. The lowest BCUT2D eigenvalue weighted by Gasteiger charge is -2.56. The van der Waals surface area contributed by atoms with Crippen LogP contribution >= 0.6 is 0 Å². The first kappa shape index (κ1) is 19.0. The second kappa shape index (κ2) is 7.22. The fourth-order valence-corrected chi connectivity index (χ4v) is 6.26. The van der Waals surface area contributed by atoms with E-state index < -0.39 is 11.2 Å². The van der Waals surface area contributed by atoms with E-state index in [1.165, 1.54) is 19.3 Å². The molecular weight excluding hydrogens is 360 g/mol. The Morgan fingerprint density at radius 3 is 2.11 bits per heavy atom. The number of aromatic amines is 2. The van der Waals surface area contributed by atoms with E-state index in [1.807, 2.05) is 0 Å². The third-order valence-electron chi connectivity index (χ3n) is 6.90. The molecule has 1 aromatic heterocycles. The summed E-state index contributed by atoms with van der Waals surface area (Å²) in [5.74, 6) is 1.86. The third kappa shape index (κ3) is 3.91. The SMILES string of the molecule is Cc1[nH]c(=O)[nH]c(=O)c1CCC(=O)NNC(=O)CC12CC3CC(CC(C3)C1)C2. The molecule has 0 aliphatic heterocycles. The van der Waals surface area contributed by atoms with E-state index in [2.05, 4.69) is 20.8 Å². The number of aromatic nitrogens is 2. The normalized spacial score (nSPS) is 30.2. The molecule has 4 N–H and O–H groups in total. The molecular formula is C20H28N4O4. The molecule has 4 bridgehead atoms. The van der Waals surface area contributed by atoms with Crippen molar-refractivity contribution in [3.8, 4) is 0 Å². The van der Waals surface area contributed by atoms with Gasteiger partial charge >= 0.3 is 5.69 Å². The van der Waals surface area contributed by atoms with Gasteiger partial charge in [-0.05, 0) is 75.0 Å². The zero-order valence-corrected chi connectivity index (χ0v) is 16.2. The third-order valence-corrected chi connectivity index (χ3v) is 6.90. The number of hydrogen-bond donors (Lipinski definition) is 4. The molecule has 0 aromatic carbocycles. The van der Waals surface area contributed by atoms with Crippen LogP contribution in [0.3, 0.4) is 0 Å². The van der Waals surface area contributed by atoms with Gasteiger partial charge in [0, 0.05) is 24.1 Å². The maximum atomic E-state index is 12.4. The van der Waals surface area contributed by atoms with E-state index in [4.69, 9.17) is 0 Å². The second-order valence-corrected chi connectivity index (χ2v) is 9.20. The van der Waals surface area contributed by atoms with Crippen LogP contribution in [0.5, 0.6) is 0 Å². The molecule has 152 valence electrons. The average Bonchev–Trinajstić information content (AvgIpc) is 2.57. The minimum absolute atomic E-state index is 0.0492. The molecule has 0 spiro atoms. The minimum atomic E-state index is -0.562. The summed E-state index contributed by atoms with van der Waals surface area (Å²) in [4.78, 5) is 52.2. The van der Waals surface area contributed by atoms with Gasteiger partial charge in [0.15, 0.2) is 0 Å². The van der Waals surface area contributed by atoms with Gasteiger partial charge in [0.05, 0.1) is 0 Å². The quantitative estimate of drug-likeness (QED) is 0.563. The van der Waals surface area contributed by atoms with Gasteiger partial charge in [-0.15, -0.1) is 0 Å². The molecule has 4 saturated carbocycles. The van der Waals surface area contributed by atoms with Gasteiger partial charge in [-0.2, -0.15) is 0 Å². The highest BCUT2D eigenvalue weighted by Crippen LogP contribution is 2.61. The lowest BCUT2D eigenvalue weighted by Crippen LogP contribution is -2.50. The summed E-state index contributed by atoms with van der Waals surface area (Å²) < 4.78 is 0. The molecule has 1 heterocycles. The van der Waals surface area contributed by atoms with Crippen molar-refractivity contribution in [3.63, 3.8) is 0 Å². The maximum Gasteiger partial charge on any atom is 0.325 e. The molecule has 4 fully saturated rings. The first-order valence-corrected chi connectivity index (χ1v) is 10.2. The summed E-state index contributed by atoms with van der Waals surface area (Å²) in [5.41, 5.74) is 4.91. The lowest BCUT2D eigenvalue weighted by molar-refractivity contribution is -0.134. The standard InChI is InChI=1S/C20H28N4O4/c1-11-15(18(27)22-19(28)21-11)2-3-16(25)23-24-17(26)10-20-7-12-4-13(8-20)6-14(5-12)9-20/h12-14H,2-10H2,1H3,(H,23,25)(H,24,26)(H2,21,22,27,28). The van der Waals surface area contributed by atoms with E-state index >= 15 is 0 Å². The van der Waals surface area contributed by atoms with E-state index in [0.717, 1.165) is 37.0 Å². The van der Waals surface area contributed by atoms with E-state index in [9.17, 15) is 19.2 Å². The molecule has 0 unspecified atom stereocenters. The van der Waals surface area contributed by atoms with Crippen molar-refractivity contribution in [1.29, 1.82) is 0 Å². The van der Waals surface area contributed by atoms with Gasteiger partial charge < -0.3 is 4.98 Å². The summed E-state index contributed by atoms with van der Waals surface area (Å²) in [7, 11) is 0. The highest BCUT2D eigenvalue weighted by atomic mass is 16.2. The van der Waals surface area contributed by atoms with Crippen LogP contribution < -0.4 is 22.1 Å². The van der Waals surface area contributed by atoms with Crippen LogP contribution in [-0.2, 0) is 16.0 Å². The Balaban J connectivity index is 1.26. The van der Waals surface area contributed by atoms with Crippen LogP contribution in [0.25, 0.3) is 0 Å². The van der Waals surface area contributed by atoms with Crippen LogP contribution in [0.2, 0.25) is 0 Å². The molecule has 4 aliphatic carbocycles. The number of amides is 2. The van der Waals surface area contributed by atoms with Gasteiger partial charge in [-0.25, -0.2) is 4.79 Å². The Hall–Kier alpha value is -2.38. The zero-order valence-electron chi connectivity index (χ0n) is 16.2. The molecule has 0 saturated heterocycles. The molecule has 0 atom stereocenters. The highest BCUT2D eigenvalue weighted by molar-refractivity contribution is 5.82. The van der Waals surface area contributed by atoms with Crippen LogP contribution in [0.1, 0.15) is 62.6 Å². The van der Waals surface area contributed by atoms with Crippen molar-refractivity contribution < 1.29 is 9.59 Å². The number of H-pyrrole nitrogens is 2. The van der Waals surface area contributed by atoms with Crippen LogP contribution in [0.4, 0.5) is 0 Å². The topological polar surface area (TPSA) is 124 Å². The number of carbonyl (C=O) groups is 2. The summed E-state index contributed by atoms with van der Waals surface area (Å²) in [6.45, 7) is 1.62. The number of hydrazine groups is 1. The average molecular weight is 388 g/mol. The predicted octanol–water partition coefficient (Wildman–Crippen LogP) is 1.06. The molecule has 1 aromatic rings. The molecule has 28 heavy (non-hydrogen) atoms. The Labute approximate surface area is 162 Å². The number of hydrogen-bond acceptors (Lipinski definition) is 4. The van der Waals surface area contributed by atoms with Crippen LogP contribution in [-0.4, -0.2) is 21.8 Å². The van der Waals surface area contributed by atoms with E-state index in [-0.39, 0.29) is 30.1 Å². The lowest BCUT2D eigenvalue weighted by atomic mass is 9.49. The smallest absolute Gasteiger partial charge is 0.311 e. The molecule has 8 heteroatoms. The van der Waals surface area contributed by atoms with Crippen LogP contribution in [0.15, 0.2) is 9.59 Å². The first-order valence-electron chi connectivity index (χ1n) is 10.2.